The molecule has 14 heavy (non-hydrogen) atoms. The van der Waals surface area contributed by atoms with Crippen LogP contribution in [0.25, 0.3) is 0 Å². The molecule has 3 N–H and O–H groups in total. The molecule has 0 saturated carbocycles. The van der Waals surface area contributed by atoms with Crippen LogP contribution in [0.3, 0.4) is 0 Å². The van der Waals surface area contributed by atoms with E-state index in [1.165, 1.54) is 5.56 Å². The number of hydrogen-bond acceptors (Lipinski definition) is 3. The first-order valence-electron chi connectivity index (χ1n) is 4.65. The zero-order valence-electron chi connectivity index (χ0n) is 8.32. The molecule has 3 nitrogen and oxygen atoms in total. The van der Waals surface area contributed by atoms with Crippen molar-refractivity contribution in [1.82, 2.24) is 0 Å². The van der Waals surface area contributed by atoms with Crippen molar-refractivity contribution in [3.05, 3.63) is 29.8 Å². The van der Waals surface area contributed by atoms with Crippen molar-refractivity contribution in [3.63, 3.8) is 0 Å². The molecule has 4 heteroatoms. The average Bonchev–Trinajstić information content (AvgIpc) is 2.18. The molecule has 0 fully saturated rings. The van der Waals surface area contributed by atoms with Gasteiger partial charge < -0.3 is 5.73 Å². The normalized spacial score (nSPS) is 15.0. The van der Waals surface area contributed by atoms with Gasteiger partial charge in [-0.25, -0.2) is 8.99 Å². The molecule has 78 valence electrons. The fourth-order valence-corrected chi connectivity index (χ4v) is 2.37. The van der Waals surface area contributed by atoms with Crippen LogP contribution in [0, 0.1) is 4.78 Å². The molecule has 0 aromatic heterocycles. The lowest BCUT2D eigenvalue weighted by atomic mass is 10.2. The van der Waals surface area contributed by atoms with Gasteiger partial charge in [-0.3, -0.25) is 0 Å². The lowest BCUT2D eigenvalue weighted by molar-refractivity contribution is 0.674. The lowest BCUT2D eigenvalue weighted by Crippen LogP contribution is -2.14. The van der Waals surface area contributed by atoms with Crippen LogP contribution in [0.1, 0.15) is 12.5 Å². The van der Waals surface area contributed by atoms with Gasteiger partial charge in [0.1, 0.15) is 0 Å². The minimum atomic E-state index is -2.66. The van der Waals surface area contributed by atoms with E-state index in [0.717, 1.165) is 6.42 Å². The van der Waals surface area contributed by atoms with E-state index in [1.54, 1.807) is 12.1 Å². The number of hydrogen-bond donors (Lipinski definition) is 2. The predicted molar refractivity (Wildman–Crippen MR) is 58.9 cm³/mol. The molecule has 0 aliphatic carbocycles. The summed E-state index contributed by atoms with van der Waals surface area (Å²) in [6.45, 7) is 2.35. The van der Waals surface area contributed by atoms with E-state index in [-0.39, 0.29) is 12.3 Å². The molecule has 0 aliphatic heterocycles. The van der Waals surface area contributed by atoms with Crippen molar-refractivity contribution in [1.29, 1.82) is 4.78 Å². The number of aryl methyl sites for hydroxylation is 1. The Morgan fingerprint density at radius 3 is 2.36 bits per heavy atom. The second kappa shape index (κ2) is 4.57. The molecule has 1 unspecified atom stereocenters. The summed E-state index contributed by atoms with van der Waals surface area (Å²) in [5.41, 5.74) is 6.50. The van der Waals surface area contributed by atoms with Crippen LogP contribution in [0.15, 0.2) is 29.2 Å². The number of rotatable bonds is 4. The highest BCUT2D eigenvalue weighted by Gasteiger charge is 2.07. The van der Waals surface area contributed by atoms with Crippen LogP contribution in [-0.4, -0.2) is 16.5 Å². The molecule has 0 amide bonds. The summed E-state index contributed by atoms with van der Waals surface area (Å²) >= 11 is 0. The maximum atomic E-state index is 11.8. The Kier molecular flexibility index (Phi) is 3.66. The molecule has 0 aliphatic rings. The molecule has 1 aromatic rings. The molecule has 0 spiro atoms. The number of nitrogens with two attached hydrogens (primary N) is 1. The fourth-order valence-electron chi connectivity index (χ4n) is 1.23. The van der Waals surface area contributed by atoms with Crippen LogP contribution in [0.4, 0.5) is 0 Å². The standard InChI is InChI=1S/C10H16N2OS/c1-2-9-3-5-10(6-4-9)14(12,13)8-7-11/h3-6,12H,2,7-8,11H2,1H3. The molecular weight excluding hydrogens is 196 g/mol. The summed E-state index contributed by atoms with van der Waals surface area (Å²) < 4.78 is 19.4. The minimum absolute atomic E-state index is 0.235. The highest BCUT2D eigenvalue weighted by Crippen LogP contribution is 2.12. The summed E-state index contributed by atoms with van der Waals surface area (Å²) in [6.07, 6.45) is 0.955. The van der Waals surface area contributed by atoms with E-state index in [9.17, 15) is 4.21 Å². The number of nitrogens with one attached hydrogen (secondary N) is 1. The first kappa shape index (κ1) is 11.2. The van der Waals surface area contributed by atoms with Crippen molar-refractivity contribution in [2.75, 3.05) is 12.3 Å². The minimum Gasteiger partial charge on any atom is -0.330 e. The first-order valence-corrected chi connectivity index (χ1v) is 6.38. The highest BCUT2D eigenvalue weighted by atomic mass is 32.2. The van der Waals surface area contributed by atoms with Gasteiger partial charge in [0.2, 0.25) is 0 Å². The highest BCUT2D eigenvalue weighted by molar-refractivity contribution is 7.92. The van der Waals surface area contributed by atoms with Crippen LogP contribution < -0.4 is 5.73 Å². The molecule has 0 radical (unpaired) electrons. The van der Waals surface area contributed by atoms with E-state index in [0.29, 0.717) is 4.90 Å². The van der Waals surface area contributed by atoms with Gasteiger partial charge in [0.15, 0.2) is 0 Å². The molecular formula is C10H16N2OS. The van der Waals surface area contributed by atoms with E-state index < -0.39 is 9.73 Å². The van der Waals surface area contributed by atoms with E-state index >= 15 is 0 Å². The van der Waals surface area contributed by atoms with Gasteiger partial charge in [-0.1, -0.05) is 19.1 Å². The van der Waals surface area contributed by atoms with Gasteiger partial charge in [-0.05, 0) is 24.1 Å². The summed E-state index contributed by atoms with van der Waals surface area (Å²) in [6, 6.07) is 7.37. The molecule has 1 atom stereocenters. The van der Waals surface area contributed by atoms with Gasteiger partial charge in [-0.15, -0.1) is 0 Å². The molecule has 0 heterocycles. The quantitative estimate of drug-likeness (QED) is 0.796. The maximum Gasteiger partial charge on any atom is 0.0738 e. The SMILES string of the molecule is CCc1ccc(S(=N)(=O)CCN)cc1. The van der Waals surface area contributed by atoms with Crippen molar-refractivity contribution >= 4 is 9.73 Å². The third-order valence-corrected chi connectivity index (χ3v) is 3.96. The van der Waals surface area contributed by atoms with Crippen molar-refractivity contribution in [2.45, 2.75) is 18.2 Å². The average molecular weight is 212 g/mol. The van der Waals surface area contributed by atoms with E-state index in [1.807, 2.05) is 12.1 Å². The molecule has 1 rings (SSSR count). The van der Waals surface area contributed by atoms with E-state index in [4.69, 9.17) is 10.5 Å². The zero-order chi connectivity index (χ0) is 10.6. The van der Waals surface area contributed by atoms with Gasteiger partial charge in [0, 0.05) is 17.2 Å². The van der Waals surface area contributed by atoms with Crippen molar-refractivity contribution < 1.29 is 4.21 Å². The molecule has 0 bridgehead atoms. The summed E-state index contributed by atoms with van der Waals surface area (Å²) in [5, 5.41) is 0. The monoisotopic (exact) mass is 212 g/mol. The Hall–Kier alpha value is -0.870. The third-order valence-electron chi connectivity index (χ3n) is 2.12. The van der Waals surface area contributed by atoms with E-state index in [2.05, 4.69) is 6.92 Å². The van der Waals surface area contributed by atoms with Crippen molar-refractivity contribution in [3.8, 4) is 0 Å². The second-order valence-electron chi connectivity index (χ2n) is 3.17. The second-order valence-corrected chi connectivity index (χ2v) is 5.40. The zero-order valence-corrected chi connectivity index (χ0v) is 9.14. The largest absolute Gasteiger partial charge is 0.330 e. The van der Waals surface area contributed by atoms with Crippen LogP contribution in [-0.2, 0) is 16.1 Å². The summed E-state index contributed by atoms with van der Waals surface area (Å²) in [7, 11) is -2.66. The summed E-state index contributed by atoms with van der Waals surface area (Å²) in [5.74, 6) is 0.235. The Morgan fingerprint density at radius 2 is 1.93 bits per heavy atom. The number of benzene rings is 1. The van der Waals surface area contributed by atoms with Crippen LogP contribution in [0.5, 0.6) is 0 Å². The van der Waals surface area contributed by atoms with Gasteiger partial charge in [0.05, 0.1) is 9.73 Å². The predicted octanol–water partition coefficient (Wildman–Crippen LogP) is 1.61. The molecule has 0 saturated heterocycles. The Labute approximate surface area is 85.3 Å². The lowest BCUT2D eigenvalue weighted by Gasteiger charge is -2.06. The Balaban J connectivity index is 2.97. The maximum absolute atomic E-state index is 11.8. The first-order chi connectivity index (χ1) is 6.60. The Bertz CT molecular complexity index is 381. The van der Waals surface area contributed by atoms with Crippen LogP contribution >= 0.6 is 0 Å². The molecule has 1 aromatic carbocycles. The Morgan fingerprint density at radius 1 is 1.36 bits per heavy atom. The summed E-state index contributed by atoms with van der Waals surface area (Å²) in [4.78, 5) is 0.583. The smallest absolute Gasteiger partial charge is 0.0738 e. The van der Waals surface area contributed by atoms with Crippen molar-refractivity contribution in [2.24, 2.45) is 5.73 Å². The van der Waals surface area contributed by atoms with Gasteiger partial charge in [-0.2, -0.15) is 0 Å². The van der Waals surface area contributed by atoms with Gasteiger partial charge >= 0.3 is 0 Å². The van der Waals surface area contributed by atoms with Gasteiger partial charge in [0.25, 0.3) is 0 Å². The fraction of sp³-hybridized carbons (Fsp3) is 0.400. The topological polar surface area (TPSA) is 66.9 Å². The van der Waals surface area contributed by atoms with Crippen LogP contribution in [0.2, 0.25) is 0 Å². The third kappa shape index (κ3) is 2.56.